The highest BCUT2D eigenvalue weighted by molar-refractivity contribution is 7.87. The zero-order valence-electron chi connectivity index (χ0n) is 9.70. The van der Waals surface area contributed by atoms with E-state index in [0.29, 0.717) is 5.92 Å². The van der Waals surface area contributed by atoms with Crippen LogP contribution in [0.3, 0.4) is 0 Å². The average Bonchev–Trinajstić information content (AvgIpc) is 3.01. The molecule has 1 saturated carbocycles. The van der Waals surface area contributed by atoms with Gasteiger partial charge in [0.1, 0.15) is 0 Å². The van der Waals surface area contributed by atoms with Crippen molar-refractivity contribution in [2.45, 2.75) is 44.7 Å². The highest BCUT2D eigenvalue weighted by Gasteiger charge is 2.29. The number of nitrogens with one attached hydrogen (secondary N) is 3. The summed E-state index contributed by atoms with van der Waals surface area (Å²) in [5.74, 6) is 0.407. The van der Waals surface area contributed by atoms with Gasteiger partial charge in [-0.15, -0.1) is 0 Å². The molecule has 0 radical (unpaired) electrons. The van der Waals surface area contributed by atoms with Gasteiger partial charge >= 0.3 is 0 Å². The first-order valence-corrected chi connectivity index (χ1v) is 7.55. The summed E-state index contributed by atoms with van der Waals surface area (Å²) in [6.07, 6.45) is 4.17. The zero-order valence-corrected chi connectivity index (χ0v) is 10.5. The quantitative estimate of drug-likeness (QED) is 0.638. The molecule has 2 unspecified atom stereocenters. The van der Waals surface area contributed by atoms with E-state index in [4.69, 9.17) is 0 Å². The molecule has 6 heteroatoms. The summed E-state index contributed by atoms with van der Waals surface area (Å²) in [5, 5.41) is 3.30. The van der Waals surface area contributed by atoms with Gasteiger partial charge in [-0.1, -0.05) is 0 Å². The SMILES string of the molecule is CC(NS(=O)(=O)NC1CC1)C1CCCNC1. The van der Waals surface area contributed by atoms with Crippen molar-refractivity contribution in [3.8, 4) is 0 Å². The van der Waals surface area contributed by atoms with Gasteiger partial charge in [0.2, 0.25) is 0 Å². The van der Waals surface area contributed by atoms with Crippen molar-refractivity contribution < 1.29 is 8.42 Å². The molecule has 16 heavy (non-hydrogen) atoms. The summed E-state index contributed by atoms with van der Waals surface area (Å²) in [6, 6.07) is 0.179. The molecule has 0 aromatic carbocycles. The topological polar surface area (TPSA) is 70.2 Å². The summed E-state index contributed by atoms with van der Waals surface area (Å²) in [6.45, 7) is 3.91. The van der Waals surface area contributed by atoms with E-state index in [1.165, 1.54) is 0 Å². The fourth-order valence-electron chi connectivity index (χ4n) is 2.10. The van der Waals surface area contributed by atoms with Gasteiger partial charge in [0.15, 0.2) is 0 Å². The Morgan fingerprint density at radius 1 is 1.31 bits per heavy atom. The van der Waals surface area contributed by atoms with E-state index in [9.17, 15) is 8.42 Å². The first-order valence-electron chi connectivity index (χ1n) is 6.07. The van der Waals surface area contributed by atoms with Crippen LogP contribution in [0.25, 0.3) is 0 Å². The third kappa shape index (κ3) is 3.69. The lowest BCUT2D eigenvalue weighted by Gasteiger charge is -2.28. The maximum Gasteiger partial charge on any atom is 0.277 e. The van der Waals surface area contributed by atoms with Gasteiger partial charge in [-0.2, -0.15) is 17.9 Å². The summed E-state index contributed by atoms with van der Waals surface area (Å²) < 4.78 is 28.7. The minimum absolute atomic E-state index is 0.00375. The molecule has 1 aliphatic heterocycles. The molecular weight excluding hydrogens is 226 g/mol. The number of hydrogen-bond acceptors (Lipinski definition) is 3. The Kier molecular flexibility index (Phi) is 3.84. The fourth-order valence-corrected chi connectivity index (χ4v) is 3.53. The van der Waals surface area contributed by atoms with Crippen molar-refractivity contribution >= 4 is 10.2 Å². The molecule has 0 aromatic rings. The predicted molar refractivity (Wildman–Crippen MR) is 63.3 cm³/mol. The Balaban J connectivity index is 1.82. The lowest BCUT2D eigenvalue weighted by atomic mass is 9.94. The summed E-state index contributed by atoms with van der Waals surface area (Å²) in [4.78, 5) is 0. The second-order valence-electron chi connectivity index (χ2n) is 4.91. The van der Waals surface area contributed by atoms with Gasteiger partial charge in [-0.3, -0.25) is 0 Å². The summed E-state index contributed by atoms with van der Waals surface area (Å²) >= 11 is 0. The second kappa shape index (κ2) is 5.00. The molecular formula is C10H21N3O2S. The smallest absolute Gasteiger partial charge is 0.277 e. The van der Waals surface area contributed by atoms with Crippen LogP contribution in [0.1, 0.15) is 32.6 Å². The first-order chi connectivity index (χ1) is 7.57. The lowest BCUT2D eigenvalue weighted by molar-refractivity contribution is 0.319. The van der Waals surface area contributed by atoms with Crippen LogP contribution in [0.5, 0.6) is 0 Å². The average molecular weight is 247 g/mol. The van der Waals surface area contributed by atoms with Crippen molar-refractivity contribution in [1.82, 2.24) is 14.8 Å². The van der Waals surface area contributed by atoms with Crippen LogP contribution in [-0.2, 0) is 10.2 Å². The number of piperidine rings is 1. The van der Waals surface area contributed by atoms with Crippen LogP contribution in [-0.4, -0.2) is 33.6 Å². The first kappa shape index (κ1) is 12.3. The van der Waals surface area contributed by atoms with Crippen molar-refractivity contribution in [3.05, 3.63) is 0 Å². The molecule has 2 aliphatic rings. The Hall–Kier alpha value is -0.170. The molecule has 2 atom stereocenters. The van der Waals surface area contributed by atoms with Crippen LogP contribution >= 0.6 is 0 Å². The van der Waals surface area contributed by atoms with Gasteiger partial charge in [0.25, 0.3) is 10.2 Å². The van der Waals surface area contributed by atoms with Gasteiger partial charge in [0, 0.05) is 12.1 Å². The highest BCUT2D eigenvalue weighted by atomic mass is 32.2. The van der Waals surface area contributed by atoms with Gasteiger partial charge in [-0.25, -0.2) is 0 Å². The third-order valence-electron chi connectivity index (χ3n) is 3.28. The second-order valence-corrected chi connectivity index (χ2v) is 6.39. The molecule has 1 heterocycles. The minimum atomic E-state index is -3.29. The van der Waals surface area contributed by atoms with E-state index in [-0.39, 0.29) is 12.1 Å². The largest absolute Gasteiger partial charge is 0.316 e. The summed E-state index contributed by atoms with van der Waals surface area (Å²) in [5.41, 5.74) is 0. The van der Waals surface area contributed by atoms with Crippen LogP contribution < -0.4 is 14.8 Å². The monoisotopic (exact) mass is 247 g/mol. The highest BCUT2D eigenvalue weighted by Crippen LogP contribution is 2.20. The van der Waals surface area contributed by atoms with Gasteiger partial charge in [-0.05, 0) is 51.6 Å². The van der Waals surface area contributed by atoms with E-state index in [0.717, 1.165) is 38.8 Å². The molecule has 3 N–H and O–H groups in total. The molecule has 2 rings (SSSR count). The molecule has 5 nitrogen and oxygen atoms in total. The molecule has 94 valence electrons. The Labute approximate surface area is 97.6 Å². The Morgan fingerprint density at radius 2 is 2.06 bits per heavy atom. The molecule has 0 spiro atoms. The van der Waals surface area contributed by atoms with E-state index in [1.54, 1.807) is 0 Å². The van der Waals surface area contributed by atoms with Crippen LogP contribution in [0.4, 0.5) is 0 Å². The normalized spacial score (nSPS) is 28.9. The predicted octanol–water partition coefficient (Wildman–Crippen LogP) is -0.0391. The molecule has 0 bridgehead atoms. The van der Waals surface area contributed by atoms with Gasteiger partial charge < -0.3 is 5.32 Å². The van der Waals surface area contributed by atoms with E-state index in [2.05, 4.69) is 14.8 Å². The molecule has 0 aromatic heterocycles. The number of hydrogen-bond donors (Lipinski definition) is 3. The van der Waals surface area contributed by atoms with E-state index >= 15 is 0 Å². The minimum Gasteiger partial charge on any atom is -0.316 e. The lowest BCUT2D eigenvalue weighted by Crippen LogP contribution is -2.48. The number of rotatable bonds is 5. The van der Waals surface area contributed by atoms with Crippen molar-refractivity contribution in [2.24, 2.45) is 5.92 Å². The maximum absolute atomic E-state index is 11.7. The fraction of sp³-hybridized carbons (Fsp3) is 1.00. The van der Waals surface area contributed by atoms with Crippen LogP contribution in [0, 0.1) is 5.92 Å². The van der Waals surface area contributed by atoms with Crippen molar-refractivity contribution in [1.29, 1.82) is 0 Å². The molecule has 1 aliphatic carbocycles. The maximum atomic E-state index is 11.7. The van der Waals surface area contributed by atoms with Crippen LogP contribution in [0.2, 0.25) is 0 Å². The van der Waals surface area contributed by atoms with Crippen molar-refractivity contribution in [2.75, 3.05) is 13.1 Å². The van der Waals surface area contributed by atoms with Crippen LogP contribution in [0.15, 0.2) is 0 Å². The molecule has 0 amide bonds. The Morgan fingerprint density at radius 3 is 2.62 bits per heavy atom. The Bertz CT molecular complexity index is 321. The summed E-state index contributed by atoms with van der Waals surface area (Å²) in [7, 11) is -3.29. The molecule has 1 saturated heterocycles. The van der Waals surface area contributed by atoms with E-state index < -0.39 is 10.2 Å². The standard InChI is InChI=1S/C10H21N3O2S/c1-8(9-3-2-6-11-7-9)12-16(14,15)13-10-4-5-10/h8-13H,2-7H2,1H3. The third-order valence-corrected chi connectivity index (χ3v) is 4.61. The zero-order chi connectivity index (χ0) is 11.6. The van der Waals surface area contributed by atoms with Crippen molar-refractivity contribution in [3.63, 3.8) is 0 Å². The molecule has 2 fully saturated rings. The van der Waals surface area contributed by atoms with E-state index in [1.807, 2.05) is 6.92 Å². The van der Waals surface area contributed by atoms with Gasteiger partial charge in [0.05, 0.1) is 0 Å².